The number of nitrogens with two attached hydrogens (primary N) is 2. The zero-order valence-corrected chi connectivity index (χ0v) is 8.14. The van der Waals surface area contributed by atoms with E-state index in [1.54, 1.807) is 30.3 Å². The maximum Gasteiger partial charge on any atom is 0.116 e. The molecule has 76 valence electrons. The zero-order chi connectivity index (χ0) is 10.8. The molecule has 15 heavy (non-hydrogen) atoms. The Kier molecular flexibility index (Phi) is 2.21. The summed E-state index contributed by atoms with van der Waals surface area (Å²) in [5, 5.41) is 9.35. The van der Waals surface area contributed by atoms with E-state index in [0.717, 1.165) is 11.1 Å². The number of hydrogen-bond donors (Lipinski definition) is 3. The molecule has 0 aliphatic rings. The summed E-state index contributed by atoms with van der Waals surface area (Å²) in [6, 6.07) is 12.3. The van der Waals surface area contributed by atoms with Gasteiger partial charge in [0.2, 0.25) is 0 Å². The van der Waals surface area contributed by atoms with Gasteiger partial charge in [-0.05, 0) is 29.8 Å². The van der Waals surface area contributed by atoms with Crippen LogP contribution in [0, 0.1) is 0 Å². The fourth-order valence-electron chi connectivity index (χ4n) is 1.52. The lowest BCUT2D eigenvalue weighted by Gasteiger charge is -2.06. The second-order valence-corrected chi connectivity index (χ2v) is 3.40. The Labute approximate surface area is 88.0 Å². The summed E-state index contributed by atoms with van der Waals surface area (Å²) in [5.41, 5.74) is 14.5. The van der Waals surface area contributed by atoms with Crippen molar-refractivity contribution in [3.8, 4) is 16.9 Å². The summed E-state index contributed by atoms with van der Waals surface area (Å²) in [6.45, 7) is 0. The van der Waals surface area contributed by atoms with Crippen molar-refractivity contribution in [2.24, 2.45) is 0 Å². The fraction of sp³-hybridized carbons (Fsp3) is 0. The van der Waals surface area contributed by atoms with Crippen LogP contribution in [0.15, 0.2) is 42.5 Å². The first-order chi connectivity index (χ1) is 7.16. The first-order valence-electron chi connectivity index (χ1n) is 4.61. The average molecular weight is 200 g/mol. The number of benzene rings is 2. The number of hydrogen-bond acceptors (Lipinski definition) is 3. The van der Waals surface area contributed by atoms with Gasteiger partial charge in [0, 0.05) is 16.9 Å². The molecule has 0 saturated carbocycles. The maximum atomic E-state index is 9.35. The third kappa shape index (κ3) is 1.86. The van der Waals surface area contributed by atoms with Gasteiger partial charge >= 0.3 is 0 Å². The molecule has 2 aromatic rings. The number of phenolic OH excluding ortho intramolecular Hbond substituents is 1. The highest BCUT2D eigenvalue weighted by Gasteiger charge is 2.03. The van der Waals surface area contributed by atoms with Crippen molar-refractivity contribution in [2.45, 2.75) is 0 Å². The molecule has 0 atom stereocenters. The van der Waals surface area contributed by atoms with Crippen molar-refractivity contribution in [3.63, 3.8) is 0 Å². The molecule has 0 bridgehead atoms. The minimum atomic E-state index is 0.226. The van der Waals surface area contributed by atoms with Crippen LogP contribution in [-0.4, -0.2) is 5.11 Å². The van der Waals surface area contributed by atoms with Gasteiger partial charge in [-0.2, -0.15) is 0 Å². The lowest BCUT2D eigenvalue weighted by Crippen LogP contribution is -1.92. The molecule has 0 radical (unpaired) electrons. The third-order valence-corrected chi connectivity index (χ3v) is 2.23. The van der Waals surface area contributed by atoms with Gasteiger partial charge in [-0.25, -0.2) is 0 Å². The zero-order valence-electron chi connectivity index (χ0n) is 8.14. The summed E-state index contributed by atoms with van der Waals surface area (Å²) < 4.78 is 0. The summed E-state index contributed by atoms with van der Waals surface area (Å²) in [5.74, 6) is 0.226. The quantitative estimate of drug-likeness (QED) is 0.618. The maximum absolute atomic E-state index is 9.35. The topological polar surface area (TPSA) is 72.3 Å². The molecule has 0 unspecified atom stereocenters. The molecule has 2 aromatic carbocycles. The predicted octanol–water partition coefficient (Wildman–Crippen LogP) is 2.22. The lowest BCUT2D eigenvalue weighted by molar-refractivity contribution is 0.475. The first kappa shape index (κ1) is 9.40. The number of nitrogen functional groups attached to an aromatic ring is 2. The second-order valence-electron chi connectivity index (χ2n) is 3.40. The molecule has 2 rings (SSSR count). The van der Waals surface area contributed by atoms with E-state index >= 15 is 0 Å². The highest BCUT2D eigenvalue weighted by molar-refractivity contribution is 5.79. The van der Waals surface area contributed by atoms with Crippen LogP contribution in [0.5, 0.6) is 5.75 Å². The van der Waals surface area contributed by atoms with E-state index in [2.05, 4.69) is 0 Å². The Morgan fingerprint density at radius 1 is 0.933 bits per heavy atom. The molecule has 0 aromatic heterocycles. The van der Waals surface area contributed by atoms with Crippen LogP contribution in [0.4, 0.5) is 11.4 Å². The summed E-state index contributed by atoms with van der Waals surface area (Å²) in [4.78, 5) is 0. The molecule has 0 aliphatic carbocycles. The molecule has 0 spiro atoms. The summed E-state index contributed by atoms with van der Waals surface area (Å²) in [7, 11) is 0. The van der Waals surface area contributed by atoms with Crippen LogP contribution < -0.4 is 11.5 Å². The predicted molar refractivity (Wildman–Crippen MR) is 62.4 cm³/mol. The standard InChI is InChI=1S/C12H12N2O/c13-9-4-5-11(12(14)7-9)8-2-1-3-10(15)6-8/h1-7,15H,13-14H2. The Balaban J connectivity index is 2.54. The van der Waals surface area contributed by atoms with E-state index in [0.29, 0.717) is 11.4 Å². The molecule has 0 heterocycles. The largest absolute Gasteiger partial charge is 0.508 e. The Hall–Kier alpha value is -2.16. The van der Waals surface area contributed by atoms with Crippen molar-refractivity contribution >= 4 is 11.4 Å². The Bertz CT molecular complexity index is 495. The lowest BCUT2D eigenvalue weighted by atomic mass is 10.0. The van der Waals surface area contributed by atoms with Gasteiger partial charge < -0.3 is 16.6 Å². The van der Waals surface area contributed by atoms with Crippen LogP contribution in [0.1, 0.15) is 0 Å². The van der Waals surface area contributed by atoms with Crippen molar-refractivity contribution in [2.75, 3.05) is 11.5 Å². The molecule has 3 nitrogen and oxygen atoms in total. The van der Waals surface area contributed by atoms with Crippen LogP contribution in [0.2, 0.25) is 0 Å². The van der Waals surface area contributed by atoms with Crippen LogP contribution in [0.3, 0.4) is 0 Å². The average Bonchev–Trinajstić information content (AvgIpc) is 2.17. The van der Waals surface area contributed by atoms with E-state index in [9.17, 15) is 5.11 Å². The van der Waals surface area contributed by atoms with E-state index in [1.165, 1.54) is 0 Å². The fourth-order valence-corrected chi connectivity index (χ4v) is 1.52. The van der Waals surface area contributed by atoms with Gasteiger partial charge in [0.1, 0.15) is 5.75 Å². The second kappa shape index (κ2) is 3.53. The first-order valence-corrected chi connectivity index (χ1v) is 4.61. The smallest absolute Gasteiger partial charge is 0.116 e. The molecule has 3 heteroatoms. The highest BCUT2D eigenvalue weighted by atomic mass is 16.3. The minimum absolute atomic E-state index is 0.226. The Morgan fingerprint density at radius 3 is 2.40 bits per heavy atom. The van der Waals surface area contributed by atoms with Gasteiger partial charge in [-0.3, -0.25) is 0 Å². The number of rotatable bonds is 1. The van der Waals surface area contributed by atoms with Crippen molar-refractivity contribution in [1.82, 2.24) is 0 Å². The van der Waals surface area contributed by atoms with E-state index in [-0.39, 0.29) is 5.75 Å². The van der Waals surface area contributed by atoms with Crippen LogP contribution in [0.25, 0.3) is 11.1 Å². The SMILES string of the molecule is Nc1ccc(-c2cccc(O)c2)c(N)c1. The molecule has 0 saturated heterocycles. The molecular formula is C12H12N2O. The number of anilines is 2. The molecule has 0 fully saturated rings. The molecule has 5 N–H and O–H groups in total. The van der Waals surface area contributed by atoms with Gasteiger partial charge in [-0.1, -0.05) is 18.2 Å². The van der Waals surface area contributed by atoms with Gasteiger partial charge in [0.05, 0.1) is 0 Å². The highest BCUT2D eigenvalue weighted by Crippen LogP contribution is 2.29. The van der Waals surface area contributed by atoms with Gasteiger partial charge in [0.25, 0.3) is 0 Å². The molecule has 0 aliphatic heterocycles. The molecular weight excluding hydrogens is 188 g/mol. The van der Waals surface area contributed by atoms with Gasteiger partial charge in [-0.15, -0.1) is 0 Å². The van der Waals surface area contributed by atoms with Gasteiger partial charge in [0.15, 0.2) is 0 Å². The van der Waals surface area contributed by atoms with E-state index in [1.807, 2.05) is 12.1 Å². The Morgan fingerprint density at radius 2 is 1.73 bits per heavy atom. The number of aromatic hydroxyl groups is 1. The van der Waals surface area contributed by atoms with E-state index < -0.39 is 0 Å². The minimum Gasteiger partial charge on any atom is -0.508 e. The summed E-state index contributed by atoms with van der Waals surface area (Å²) >= 11 is 0. The third-order valence-electron chi connectivity index (χ3n) is 2.23. The van der Waals surface area contributed by atoms with E-state index in [4.69, 9.17) is 11.5 Å². The summed E-state index contributed by atoms with van der Waals surface area (Å²) in [6.07, 6.45) is 0. The van der Waals surface area contributed by atoms with Crippen molar-refractivity contribution in [1.29, 1.82) is 0 Å². The van der Waals surface area contributed by atoms with Crippen LogP contribution >= 0.6 is 0 Å². The number of phenols is 1. The molecule has 0 amide bonds. The van der Waals surface area contributed by atoms with Crippen molar-refractivity contribution in [3.05, 3.63) is 42.5 Å². The van der Waals surface area contributed by atoms with Crippen molar-refractivity contribution < 1.29 is 5.11 Å². The monoisotopic (exact) mass is 200 g/mol. The normalized spacial score (nSPS) is 10.1. The van der Waals surface area contributed by atoms with Crippen LogP contribution in [-0.2, 0) is 0 Å².